The van der Waals surface area contributed by atoms with Crippen molar-refractivity contribution >= 4 is 39.4 Å². The molecule has 0 N–H and O–H groups in total. The third kappa shape index (κ3) is 2.99. The van der Waals surface area contributed by atoms with Gasteiger partial charge in [-0.2, -0.15) is 9.78 Å². The molecule has 0 aliphatic heterocycles. The molecule has 0 bridgehead atoms. The SMILES string of the molecule is O=c1c2c(-c3ccccc3)csc2ncn1N=Cc1ccccc1Cl. The Balaban J connectivity index is 1.83. The molecule has 0 aliphatic carbocycles. The van der Waals surface area contributed by atoms with E-state index >= 15 is 0 Å². The van der Waals surface area contributed by atoms with E-state index in [9.17, 15) is 4.79 Å². The zero-order valence-corrected chi connectivity index (χ0v) is 14.5. The molecule has 122 valence electrons. The summed E-state index contributed by atoms with van der Waals surface area (Å²) in [5, 5.41) is 7.35. The number of rotatable bonds is 3. The van der Waals surface area contributed by atoms with Crippen LogP contribution in [0.15, 0.2) is 76.2 Å². The maximum absolute atomic E-state index is 12.9. The van der Waals surface area contributed by atoms with Crippen molar-refractivity contribution < 1.29 is 0 Å². The standard InChI is InChI=1S/C19H12ClN3OS/c20-16-9-5-4-8-14(16)10-22-23-12-21-18-17(19(23)24)15(11-25-18)13-6-2-1-3-7-13/h1-12H. The Hall–Kier alpha value is -2.76. The van der Waals surface area contributed by atoms with Crippen molar-refractivity contribution in [3.63, 3.8) is 0 Å². The molecule has 0 saturated heterocycles. The number of aromatic nitrogens is 2. The summed E-state index contributed by atoms with van der Waals surface area (Å²) in [5.74, 6) is 0. The van der Waals surface area contributed by atoms with E-state index in [1.165, 1.54) is 22.3 Å². The predicted octanol–water partition coefficient (Wildman–Crippen LogP) is 4.66. The molecule has 0 amide bonds. The van der Waals surface area contributed by atoms with Crippen LogP contribution in [0.4, 0.5) is 0 Å². The predicted molar refractivity (Wildman–Crippen MR) is 104 cm³/mol. The first kappa shape index (κ1) is 15.7. The fraction of sp³-hybridized carbons (Fsp3) is 0. The minimum Gasteiger partial charge on any atom is -0.267 e. The van der Waals surface area contributed by atoms with Gasteiger partial charge in [-0.05, 0) is 11.6 Å². The van der Waals surface area contributed by atoms with Gasteiger partial charge in [0.05, 0.1) is 11.6 Å². The van der Waals surface area contributed by atoms with Gasteiger partial charge < -0.3 is 0 Å². The van der Waals surface area contributed by atoms with Crippen molar-refractivity contribution in [1.29, 1.82) is 0 Å². The highest BCUT2D eigenvalue weighted by molar-refractivity contribution is 7.17. The van der Waals surface area contributed by atoms with Gasteiger partial charge in [0.15, 0.2) is 0 Å². The van der Waals surface area contributed by atoms with Crippen LogP contribution in [0.3, 0.4) is 0 Å². The number of nitrogens with zero attached hydrogens (tertiary/aromatic N) is 3. The zero-order valence-electron chi connectivity index (χ0n) is 13.0. The number of halogens is 1. The summed E-state index contributed by atoms with van der Waals surface area (Å²) in [6.07, 6.45) is 3.00. The summed E-state index contributed by atoms with van der Waals surface area (Å²) in [4.78, 5) is 17.9. The van der Waals surface area contributed by atoms with E-state index in [-0.39, 0.29) is 5.56 Å². The Labute approximate surface area is 152 Å². The fourth-order valence-electron chi connectivity index (χ4n) is 2.54. The summed E-state index contributed by atoms with van der Waals surface area (Å²) in [6.45, 7) is 0. The van der Waals surface area contributed by atoms with E-state index in [0.29, 0.717) is 15.2 Å². The molecule has 0 aliphatic rings. The van der Waals surface area contributed by atoms with E-state index in [1.54, 1.807) is 12.3 Å². The molecule has 4 nitrogen and oxygen atoms in total. The molecular weight excluding hydrogens is 354 g/mol. The van der Waals surface area contributed by atoms with Crippen molar-refractivity contribution in [1.82, 2.24) is 9.66 Å². The Morgan fingerprint density at radius 2 is 1.84 bits per heavy atom. The second kappa shape index (κ2) is 6.63. The van der Waals surface area contributed by atoms with Gasteiger partial charge in [0.2, 0.25) is 0 Å². The lowest BCUT2D eigenvalue weighted by Gasteiger charge is -2.01. The first-order valence-corrected chi connectivity index (χ1v) is 8.83. The van der Waals surface area contributed by atoms with Crippen molar-refractivity contribution in [2.24, 2.45) is 5.10 Å². The van der Waals surface area contributed by atoms with Gasteiger partial charge in [-0.1, -0.05) is 60.1 Å². The maximum atomic E-state index is 12.9. The molecule has 0 fully saturated rings. The van der Waals surface area contributed by atoms with Crippen LogP contribution in [-0.4, -0.2) is 15.9 Å². The number of hydrogen-bond acceptors (Lipinski definition) is 4. The van der Waals surface area contributed by atoms with Gasteiger partial charge in [0, 0.05) is 21.5 Å². The summed E-state index contributed by atoms with van der Waals surface area (Å²) in [7, 11) is 0. The molecule has 2 aromatic heterocycles. The van der Waals surface area contributed by atoms with Gasteiger partial charge in [-0.3, -0.25) is 4.79 Å². The highest BCUT2D eigenvalue weighted by atomic mass is 35.5. The highest BCUT2D eigenvalue weighted by Crippen LogP contribution is 2.30. The maximum Gasteiger partial charge on any atom is 0.283 e. The Kier molecular flexibility index (Phi) is 4.17. The highest BCUT2D eigenvalue weighted by Gasteiger charge is 2.12. The summed E-state index contributed by atoms with van der Waals surface area (Å²) < 4.78 is 1.24. The minimum absolute atomic E-state index is 0.201. The van der Waals surface area contributed by atoms with Crippen molar-refractivity contribution in [3.05, 3.63) is 87.2 Å². The van der Waals surface area contributed by atoms with Gasteiger partial charge >= 0.3 is 0 Å². The first-order valence-electron chi connectivity index (χ1n) is 7.57. The molecule has 25 heavy (non-hydrogen) atoms. The second-order valence-electron chi connectivity index (χ2n) is 5.36. The lowest BCUT2D eigenvalue weighted by atomic mass is 10.1. The summed E-state index contributed by atoms with van der Waals surface area (Å²) >= 11 is 7.57. The van der Waals surface area contributed by atoms with E-state index in [1.807, 2.05) is 53.9 Å². The molecule has 0 spiro atoms. The van der Waals surface area contributed by atoms with Crippen LogP contribution in [0.1, 0.15) is 5.56 Å². The molecular formula is C19H12ClN3OS. The smallest absolute Gasteiger partial charge is 0.267 e. The van der Waals surface area contributed by atoms with Crippen LogP contribution in [0.25, 0.3) is 21.3 Å². The molecule has 0 saturated carbocycles. The minimum atomic E-state index is -0.201. The summed E-state index contributed by atoms with van der Waals surface area (Å²) in [5.41, 5.74) is 2.40. The van der Waals surface area contributed by atoms with Gasteiger partial charge in [0.25, 0.3) is 5.56 Å². The molecule has 0 atom stereocenters. The van der Waals surface area contributed by atoms with E-state index in [4.69, 9.17) is 11.6 Å². The monoisotopic (exact) mass is 365 g/mol. The van der Waals surface area contributed by atoms with E-state index < -0.39 is 0 Å². The fourth-order valence-corrected chi connectivity index (χ4v) is 3.63. The number of fused-ring (bicyclic) bond motifs is 1. The molecule has 0 radical (unpaired) electrons. The van der Waals surface area contributed by atoms with E-state index in [0.717, 1.165) is 16.7 Å². The van der Waals surface area contributed by atoms with Crippen LogP contribution in [-0.2, 0) is 0 Å². The Morgan fingerprint density at radius 3 is 2.64 bits per heavy atom. The summed E-state index contributed by atoms with van der Waals surface area (Å²) in [6, 6.07) is 17.1. The normalized spacial score (nSPS) is 11.4. The second-order valence-corrected chi connectivity index (χ2v) is 6.62. The Bertz CT molecular complexity index is 1130. The lowest BCUT2D eigenvalue weighted by molar-refractivity contribution is 0.819. The average molecular weight is 366 g/mol. The number of thiophene rings is 1. The number of benzene rings is 2. The molecule has 6 heteroatoms. The lowest BCUT2D eigenvalue weighted by Crippen LogP contribution is -2.16. The van der Waals surface area contributed by atoms with Crippen molar-refractivity contribution in [2.45, 2.75) is 0 Å². The molecule has 4 aromatic rings. The van der Waals surface area contributed by atoms with Crippen LogP contribution in [0.2, 0.25) is 5.02 Å². The van der Waals surface area contributed by atoms with Crippen molar-refractivity contribution in [2.75, 3.05) is 0 Å². The average Bonchev–Trinajstić information content (AvgIpc) is 3.08. The third-order valence-corrected chi connectivity index (χ3v) is 5.02. The van der Waals surface area contributed by atoms with Crippen molar-refractivity contribution in [3.8, 4) is 11.1 Å². The van der Waals surface area contributed by atoms with E-state index in [2.05, 4.69) is 10.1 Å². The Morgan fingerprint density at radius 1 is 1.08 bits per heavy atom. The van der Waals surface area contributed by atoms with Crippen LogP contribution in [0.5, 0.6) is 0 Å². The van der Waals surface area contributed by atoms with Gasteiger partial charge in [0.1, 0.15) is 11.2 Å². The first-order chi connectivity index (χ1) is 12.2. The van der Waals surface area contributed by atoms with Gasteiger partial charge in [-0.15, -0.1) is 11.3 Å². The molecule has 2 aromatic carbocycles. The zero-order chi connectivity index (χ0) is 17.2. The molecule has 0 unspecified atom stereocenters. The van der Waals surface area contributed by atoms with Gasteiger partial charge in [-0.25, -0.2) is 4.98 Å². The quantitative estimate of drug-likeness (QED) is 0.496. The van der Waals surface area contributed by atoms with Crippen LogP contribution < -0.4 is 5.56 Å². The molecule has 2 heterocycles. The largest absolute Gasteiger partial charge is 0.283 e. The van der Waals surface area contributed by atoms with Crippen LogP contribution >= 0.6 is 22.9 Å². The molecule has 4 rings (SSSR count). The topological polar surface area (TPSA) is 47.2 Å². The van der Waals surface area contributed by atoms with Crippen LogP contribution in [0, 0.1) is 0 Å². The third-order valence-electron chi connectivity index (χ3n) is 3.79. The number of hydrogen-bond donors (Lipinski definition) is 0.